The Hall–Kier alpha value is -3.09. The summed E-state index contributed by atoms with van der Waals surface area (Å²) >= 11 is 6.60. The summed E-state index contributed by atoms with van der Waals surface area (Å²) in [6, 6.07) is 18.3. The second kappa shape index (κ2) is 8.36. The lowest BCUT2D eigenvalue weighted by atomic mass is 10.0. The quantitative estimate of drug-likeness (QED) is 0.466. The number of benzene rings is 2. The Morgan fingerprint density at radius 1 is 0.939 bits per heavy atom. The van der Waals surface area contributed by atoms with Gasteiger partial charge in [-0.1, -0.05) is 35.9 Å². The highest BCUT2D eigenvalue weighted by molar-refractivity contribution is 6.32. The summed E-state index contributed by atoms with van der Waals surface area (Å²) in [5.41, 5.74) is 4.02. The van der Waals surface area contributed by atoms with E-state index in [0.29, 0.717) is 5.02 Å². The van der Waals surface area contributed by atoms with Gasteiger partial charge in [0.25, 0.3) is 0 Å². The maximum Gasteiger partial charge on any atom is 0.128 e. The normalized spacial score (nSPS) is 14.8. The number of halogens is 1. The highest BCUT2D eigenvalue weighted by Gasteiger charge is 2.21. The predicted molar refractivity (Wildman–Crippen MR) is 135 cm³/mol. The zero-order valence-corrected chi connectivity index (χ0v) is 19.9. The average Bonchev–Trinajstić information content (AvgIpc) is 3.15. The van der Waals surface area contributed by atoms with Crippen LogP contribution in [0, 0.1) is 6.92 Å². The molecule has 0 saturated carbocycles. The number of rotatable bonds is 4. The van der Waals surface area contributed by atoms with E-state index in [-0.39, 0.29) is 0 Å². The number of hydrogen-bond acceptors (Lipinski definition) is 5. The fraction of sp³-hybridized carbons (Fsp3) is 0.308. The second-order valence-corrected chi connectivity index (χ2v) is 9.50. The van der Waals surface area contributed by atoms with Crippen LogP contribution in [-0.4, -0.2) is 46.1 Å². The van der Waals surface area contributed by atoms with Gasteiger partial charge in [-0.25, -0.2) is 9.67 Å². The molecule has 0 radical (unpaired) electrons. The van der Waals surface area contributed by atoms with Crippen LogP contribution in [0.3, 0.4) is 0 Å². The van der Waals surface area contributed by atoms with Crippen molar-refractivity contribution >= 4 is 34.0 Å². The second-order valence-electron chi connectivity index (χ2n) is 9.09. The van der Waals surface area contributed by atoms with E-state index in [4.69, 9.17) is 16.7 Å². The predicted octanol–water partition coefficient (Wildman–Crippen LogP) is 4.94. The molecule has 0 aliphatic carbocycles. The molecule has 0 spiro atoms. The van der Waals surface area contributed by atoms with Crippen LogP contribution in [0.15, 0.2) is 60.8 Å². The van der Waals surface area contributed by atoms with Gasteiger partial charge >= 0.3 is 0 Å². The summed E-state index contributed by atoms with van der Waals surface area (Å²) in [6.07, 6.45) is 1.77. The highest BCUT2D eigenvalue weighted by Crippen LogP contribution is 2.30. The Morgan fingerprint density at radius 3 is 2.33 bits per heavy atom. The Labute approximate surface area is 199 Å². The lowest BCUT2D eigenvalue weighted by Gasteiger charge is -2.37. The van der Waals surface area contributed by atoms with E-state index in [1.54, 1.807) is 20.0 Å². The third kappa shape index (κ3) is 4.16. The van der Waals surface area contributed by atoms with Crippen LogP contribution in [0.4, 0.5) is 11.5 Å². The Bertz CT molecular complexity index is 1280. The number of pyridine rings is 1. The Balaban J connectivity index is 1.35. The van der Waals surface area contributed by atoms with Crippen molar-refractivity contribution in [3.05, 3.63) is 77.1 Å². The molecule has 1 saturated heterocycles. The first-order chi connectivity index (χ1) is 15.8. The van der Waals surface area contributed by atoms with Crippen molar-refractivity contribution in [3.8, 4) is 5.69 Å². The largest absolute Gasteiger partial charge is 0.386 e. The number of anilines is 2. The van der Waals surface area contributed by atoms with Gasteiger partial charge in [-0.2, -0.15) is 5.10 Å². The summed E-state index contributed by atoms with van der Waals surface area (Å²) in [6.45, 7) is 9.14. The molecule has 1 aliphatic rings. The molecule has 33 heavy (non-hydrogen) atoms. The maximum atomic E-state index is 10.2. The molecule has 4 aromatic rings. The molecule has 0 atom stereocenters. The van der Waals surface area contributed by atoms with Crippen molar-refractivity contribution in [2.24, 2.45) is 0 Å². The summed E-state index contributed by atoms with van der Waals surface area (Å²) in [7, 11) is 0. The number of hydrogen-bond donors (Lipinski definition) is 1. The van der Waals surface area contributed by atoms with Gasteiger partial charge in [-0.15, -0.1) is 0 Å². The van der Waals surface area contributed by atoms with Crippen molar-refractivity contribution in [2.45, 2.75) is 26.4 Å². The third-order valence-corrected chi connectivity index (χ3v) is 6.72. The van der Waals surface area contributed by atoms with Gasteiger partial charge in [-0.05, 0) is 51.1 Å². The van der Waals surface area contributed by atoms with E-state index in [9.17, 15) is 5.11 Å². The molecule has 0 unspecified atom stereocenters. The van der Waals surface area contributed by atoms with Crippen molar-refractivity contribution in [2.75, 3.05) is 36.0 Å². The van der Waals surface area contributed by atoms with Gasteiger partial charge in [0.15, 0.2) is 0 Å². The SMILES string of the molecule is Cc1c2ccccc2nn1-c1cc(N2CCN(c3ccc(C(C)(C)O)cn3)CC2)ccc1Cl. The van der Waals surface area contributed by atoms with Crippen molar-refractivity contribution < 1.29 is 5.11 Å². The van der Waals surface area contributed by atoms with Crippen LogP contribution >= 0.6 is 11.6 Å². The van der Waals surface area contributed by atoms with E-state index < -0.39 is 5.60 Å². The van der Waals surface area contributed by atoms with Crippen molar-refractivity contribution in [1.29, 1.82) is 0 Å². The molecule has 0 bridgehead atoms. The minimum Gasteiger partial charge on any atom is -0.386 e. The summed E-state index contributed by atoms with van der Waals surface area (Å²) in [4.78, 5) is 9.24. The molecule has 3 heterocycles. The topological polar surface area (TPSA) is 57.4 Å². The molecule has 2 aromatic heterocycles. The van der Waals surface area contributed by atoms with E-state index in [1.165, 1.54) is 0 Å². The van der Waals surface area contributed by atoms with E-state index in [0.717, 1.165) is 65.5 Å². The number of aliphatic hydroxyl groups is 1. The monoisotopic (exact) mass is 461 g/mol. The smallest absolute Gasteiger partial charge is 0.128 e. The van der Waals surface area contributed by atoms with Crippen LogP contribution in [-0.2, 0) is 5.60 Å². The van der Waals surface area contributed by atoms with Crippen LogP contribution in [0.5, 0.6) is 0 Å². The summed E-state index contributed by atoms with van der Waals surface area (Å²) in [5, 5.41) is 16.8. The number of aromatic nitrogens is 3. The van der Waals surface area contributed by atoms with Crippen LogP contribution < -0.4 is 9.80 Å². The first kappa shape index (κ1) is 21.7. The first-order valence-corrected chi connectivity index (χ1v) is 11.6. The van der Waals surface area contributed by atoms with Crippen molar-refractivity contribution in [1.82, 2.24) is 14.8 Å². The molecule has 1 fully saturated rings. The van der Waals surface area contributed by atoms with Gasteiger partial charge < -0.3 is 14.9 Å². The van der Waals surface area contributed by atoms with Crippen molar-refractivity contribution in [3.63, 3.8) is 0 Å². The molecule has 5 rings (SSSR count). The number of piperazine rings is 1. The van der Waals surface area contributed by atoms with Gasteiger partial charge in [-0.3, -0.25) is 0 Å². The average molecular weight is 462 g/mol. The molecule has 0 amide bonds. The minimum absolute atomic E-state index is 0.685. The minimum atomic E-state index is -0.880. The molecular weight excluding hydrogens is 434 g/mol. The molecule has 1 N–H and O–H groups in total. The summed E-state index contributed by atoms with van der Waals surface area (Å²) in [5.74, 6) is 0.943. The molecule has 2 aromatic carbocycles. The van der Waals surface area contributed by atoms with Gasteiger partial charge in [0.05, 0.1) is 21.8 Å². The lowest BCUT2D eigenvalue weighted by molar-refractivity contribution is 0.0782. The van der Waals surface area contributed by atoms with E-state index >= 15 is 0 Å². The number of nitrogens with zero attached hydrogens (tertiary/aromatic N) is 5. The van der Waals surface area contributed by atoms with Gasteiger partial charge in [0.1, 0.15) is 5.82 Å². The Morgan fingerprint density at radius 2 is 1.67 bits per heavy atom. The van der Waals surface area contributed by atoms with E-state index in [2.05, 4.69) is 39.9 Å². The molecule has 170 valence electrons. The molecule has 1 aliphatic heterocycles. The molecular formula is C26H28ClN5O. The first-order valence-electron chi connectivity index (χ1n) is 11.2. The summed E-state index contributed by atoms with van der Waals surface area (Å²) < 4.78 is 1.95. The van der Waals surface area contributed by atoms with Gasteiger partial charge in [0, 0.05) is 54.7 Å². The zero-order valence-electron chi connectivity index (χ0n) is 19.2. The van der Waals surface area contributed by atoms with Crippen LogP contribution in [0.25, 0.3) is 16.6 Å². The maximum absolute atomic E-state index is 10.2. The van der Waals surface area contributed by atoms with Gasteiger partial charge in [0.2, 0.25) is 0 Å². The van der Waals surface area contributed by atoms with Crippen LogP contribution in [0.1, 0.15) is 25.1 Å². The number of aryl methyl sites for hydroxylation is 1. The fourth-order valence-corrected chi connectivity index (χ4v) is 4.58. The lowest BCUT2D eigenvalue weighted by Crippen LogP contribution is -2.46. The zero-order chi connectivity index (χ0) is 23.2. The highest BCUT2D eigenvalue weighted by atomic mass is 35.5. The number of fused-ring (bicyclic) bond motifs is 1. The Kier molecular flexibility index (Phi) is 5.51. The van der Waals surface area contributed by atoms with E-state index in [1.807, 2.05) is 41.1 Å². The van der Waals surface area contributed by atoms with Crippen LogP contribution in [0.2, 0.25) is 5.02 Å². The molecule has 7 heteroatoms. The fourth-order valence-electron chi connectivity index (χ4n) is 4.39. The third-order valence-electron chi connectivity index (χ3n) is 6.40. The standard InChI is InChI=1S/C26H28ClN5O/c1-18-21-6-4-5-7-23(21)29-32(18)24-16-20(9-10-22(24)27)30-12-14-31(15-13-30)25-11-8-19(17-28-25)26(2,3)33/h4-11,16-17,33H,12-15H2,1-3H3. The molecule has 6 nitrogen and oxygen atoms in total.